The topological polar surface area (TPSA) is 38.0 Å². The maximum Gasteiger partial charge on any atom is 0.183 e. The summed E-state index contributed by atoms with van der Waals surface area (Å²) >= 11 is 1.71. The highest BCUT2D eigenvalue weighted by molar-refractivity contribution is 7.98. The molecule has 0 amide bonds. The molecule has 0 unspecified atom stereocenters. The number of rotatable bonds is 5. The highest BCUT2D eigenvalue weighted by atomic mass is 32.2. The Bertz CT molecular complexity index is 331. The van der Waals surface area contributed by atoms with Gasteiger partial charge in [0.2, 0.25) is 0 Å². The summed E-state index contributed by atoms with van der Waals surface area (Å²) in [5.41, 5.74) is 5.83. The molecule has 2 nitrogen and oxygen atoms in total. The lowest BCUT2D eigenvalue weighted by atomic mass is 10.2. The monoisotopic (exact) mass is 232 g/mol. The van der Waals surface area contributed by atoms with E-state index in [0.29, 0.717) is 6.54 Å². The first-order valence-electron chi connectivity index (χ1n) is 4.63. The summed E-state index contributed by atoms with van der Waals surface area (Å²) in [6.45, 7) is 0.589. The summed E-state index contributed by atoms with van der Waals surface area (Å²) in [4.78, 5) is 0. The maximum atomic E-state index is 13.2. The van der Waals surface area contributed by atoms with Crippen molar-refractivity contribution in [3.05, 3.63) is 23.8 Å². The number of nitrogen functional groups attached to an aromatic ring is 1. The second-order valence-electron chi connectivity index (χ2n) is 3.10. The summed E-state index contributed by atoms with van der Waals surface area (Å²) in [6, 6.07) is 2.38. The van der Waals surface area contributed by atoms with Gasteiger partial charge in [0.25, 0.3) is 0 Å². The highest BCUT2D eigenvalue weighted by Crippen LogP contribution is 2.24. The van der Waals surface area contributed by atoms with Crippen molar-refractivity contribution in [1.29, 1.82) is 0 Å². The summed E-state index contributed by atoms with van der Waals surface area (Å²) < 4.78 is 26.1. The van der Waals surface area contributed by atoms with Gasteiger partial charge in [-0.2, -0.15) is 11.8 Å². The van der Waals surface area contributed by atoms with E-state index in [1.165, 1.54) is 6.07 Å². The van der Waals surface area contributed by atoms with Gasteiger partial charge in [0.05, 0.1) is 11.4 Å². The first-order valence-corrected chi connectivity index (χ1v) is 6.02. The van der Waals surface area contributed by atoms with E-state index in [9.17, 15) is 8.78 Å². The van der Waals surface area contributed by atoms with Gasteiger partial charge in [-0.25, -0.2) is 8.78 Å². The normalized spacial score (nSPS) is 10.3. The molecule has 0 atom stereocenters. The van der Waals surface area contributed by atoms with Crippen LogP contribution in [0.4, 0.5) is 20.2 Å². The van der Waals surface area contributed by atoms with E-state index in [0.717, 1.165) is 18.2 Å². The molecule has 0 aromatic heterocycles. The van der Waals surface area contributed by atoms with Gasteiger partial charge in [0, 0.05) is 6.54 Å². The number of nitrogens with one attached hydrogen (secondary N) is 1. The number of nitrogens with two attached hydrogens (primary N) is 1. The largest absolute Gasteiger partial charge is 0.397 e. The van der Waals surface area contributed by atoms with Crippen molar-refractivity contribution < 1.29 is 8.78 Å². The van der Waals surface area contributed by atoms with Gasteiger partial charge in [-0.1, -0.05) is 0 Å². The number of hydrogen-bond donors (Lipinski definition) is 2. The molecule has 0 saturated carbocycles. The zero-order valence-electron chi connectivity index (χ0n) is 8.52. The standard InChI is InChI=1S/C10H14F2N2S/c1-15-6-2-5-14-10-8(13)4-3-7(11)9(10)12/h3-4,14H,2,5-6,13H2,1H3. The average molecular weight is 232 g/mol. The molecule has 3 N–H and O–H groups in total. The molecule has 15 heavy (non-hydrogen) atoms. The number of thioether (sulfide) groups is 1. The number of benzene rings is 1. The predicted octanol–water partition coefficient (Wildman–Crippen LogP) is 2.71. The van der Waals surface area contributed by atoms with Crippen LogP contribution in [0.1, 0.15) is 6.42 Å². The van der Waals surface area contributed by atoms with E-state index in [1.807, 2.05) is 6.26 Å². The quantitative estimate of drug-likeness (QED) is 0.605. The van der Waals surface area contributed by atoms with Gasteiger partial charge >= 0.3 is 0 Å². The van der Waals surface area contributed by atoms with Gasteiger partial charge in [-0.05, 0) is 30.6 Å². The summed E-state index contributed by atoms with van der Waals surface area (Å²) in [5.74, 6) is -0.806. The van der Waals surface area contributed by atoms with Crippen molar-refractivity contribution in [2.75, 3.05) is 29.6 Å². The molecule has 0 spiro atoms. The summed E-state index contributed by atoms with van der Waals surface area (Å²) in [6.07, 6.45) is 2.88. The van der Waals surface area contributed by atoms with Crippen LogP contribution in [0.3, 0.4) is 0 Å². The molecule has 0 bridgehead atoms. The van der Waals surface area contributed by atoms with Crippen LogP contribution >= 0.6 is 11.8 Å². The van der Waals surface area contributed by atoms with Gasteiger partial charge in [-0.3, -0.25) is 0 Å². The smallest absolute Gasteiger partial charge is 0.183 e. The Morgan fingerprint density at radius 1 is 1.40 bits per heavy atom. The Balaban J connectivity index is 2.63. The molecule has 0 fully saturated rings. The molecular formula is C10H14F2N2S. The van der Waals surface area contributed by atoms with Crippen molar-refractivity contribution in [2.24, 2.45) is 0 Å². The van der Waals surface area contributed by atoms with Gasteiger partial charge in [0.15, 0.2) is 11.6 Å². The lowest BCUT2D eigenvalue weighted by Crippen LogP contribution is -2.08. The van der Waals surface area contributed by atoms with E-state index in [-0.39, 0.29) is 11.4 Å². The zero-order chi connectivity index (χ0) is 11.3. The molecular weight excluding hydrogens is 218 g/mol. The first-order chi connectivity index (χ1) is 7.16. The number of anilines is 2. The van der Waals surface area contributed by atoms with E-state index < -0.39 is 11.6 Å². The molecule has 0 radical (unpaired) electrons. The van der Waals surface area contributed by atoms with Crippen LogP contribution in [0.5, 0.6) is 0 Å². The highest BCUT2D eigenvalue weighted by Gasteiger charge is 2.10. The Hall–Kier alpha value is -0.970. The molecule has 1 aromatic rings. The number of hydrogen-bond acceptors (Lipinski definition) is 3. The lowest BCUT2D eigenvalue weighted by Gasteiger charge is -2.10. The molecule has 0 aliphatic heterocycles. The van der Waals surface area contributed by atoms with E-state index >= 15 is 0 Å². The second-order valence-corrected chi connectivity index (χ2v) is 4.08. The van der Waals surface area contributed by atoms with Gasteiger partial charge in [-0.15, -0.1) is 0 Å². The third kappa shape index (κ3) is 3.27. The molecule has 1 rings (SSSR count). The second kappa shape index (κ2) is 5.80. The Kier molecular flexibility index (Phi) is 4.68. The molecule has 5 heteroatoms. The van der Waals surface area contributed by atoms with Crippen LogP contribution in [0.25, 0.3) is 0 Å². The molecule has 0 aliphatic carbocycles. The first kappa shape index (κ1) is 12.1. The summed E-state index contributed by atoms with van der Waals surface area (Å²) in [7, 11) is 0. The Labute approximate surface area is 92.2 Å². The summed E-state index contributed by atoms with van der Waals surface area (Å²) in [5, 5.41) is 2.80. The van der Waals surface area contributed by atoms with Crippen molar-refractivity contribution in [3.8, 4) is 0 Å². The minimum atomic E-state index is -0.904. The fourth-order valence-electron chi connectivity index (χ4n) is 1.18. The van der Waals surface area contributed by atoms with Crippen molar-refractivity contribution in [2.45, 2.75) is 6.42 Å². The maximum absolute atomic E-state index is 13.2. The predicted molar refractivity (Wildman–Crippen MR) is 62.3 cm³/mol. The van der Waals surface area contributed by atoms with Crippen LogP contribution in [-0.4, -0.2) is 18.6 Å². The SMILES string of the molecule is CSCCCNc1c(N)ccc(F)c1F. The lowest BCUT2D eigenvalue weighted by molar-refractivity contribution is 0.511. The Morgan fingerprint density at radius 2 is 2.13 bits per heavy atom. The molecule has 84 valence electrons. The average Bonchev–Trinajstić information content (AvgIpc) is 2.23. The third-order valence-electron chi connectivity index (χ3n) is 1.95. The van der Waals surface area contributed by atoms with Crippen LogP contribution in [0, 0.1) is 11.6 Å². The van der Waals surface area contributed by atoms with Gasteiger partial charge in [0.1, 0.15) is 0 Å². The van der Waals surface area contributed by atoms with Crippen LogP contribution < -0.4 is 11.1 Å². The van der Waals surface area contributed by atoms with E-state index in [4.69, 9.17) is 5.73 Å². The minimum absolute atomic E-state index is 0.0658. The number of halogens is 2. The van der Waals surface area contributed by atoms with Crippen LogP contribution in [-0.2, 0) is 0 Å². The fraction of sp³-hybridized carbons (Fsp3) is 0.400. The fourth-order valence-corrected chi connectivity index (χ4v) is 1.61. The van der Waals surface area contributed by atoms with E-state index in [2.05, 4.69) is 5.32 Å². The minimum Gasteiger partial charge on any atom is -0.397 e. The van der Waals surface area contributed by atoms with E-state index in [1.54, 1.807) is 11.8 Å². The zero-order valence-corrected chi connectivity index (χ0v) is 9.33. The third-order valence-corrected chi connectivity index (χ3v) is 2.65. The molecule has 0 aliphatic rings. The van der Waals surface area contributed by atoms with Crippen LogP contribution in [0.2, 0.25) is 0 Å². The molecule has 0 saturated heterocycles. The van der Waals surface area contributed by atoms with Crippen LogP contribution in [0.15, 0.2) is 12.1 Å². The Morgan fingerprint density at radius 3 is 2.80 bits per heavy atom. The molecule has 1 aromatic carbocycles. The van der Waals surface area contributed by atoms with Crippen molar-refractivity contribution in [3.63, 3.8) is 0 Å². The van der Waals surface area contributed by atoms with Gasteiger partial charge < -0.3 is 11.1 Å². The van der Waals surface area contributed by atoms with Crippen molar-refractivity contribution in [1.82, 2.24) is 0 Å². The van der Waals surface area contributed by atoms with Crippen molar-refractivity contribution >= 4 is 23.1 Å². The molecule has 0 heterocycles.